The Kier molecular flexibility index (Phi) is 4.80. The van der Waals surface area contributed by atoms with Gasteiger partial charge in [-0.05, 0) is 38.3 Å². The second-order valence-corrected chi connectivity index (χ2v) is 7.09. The van der Waals surface area contributed by atoms with Crippen LogP contribution in [0, 0.1) is 13.8 Å². The summed E-state index contributed by atoms with van der Waals surface area (Å²) in [4.78, 5) is 25.3. The molecule has 3 aromatic heterocycles. The van der Waals surface area contributed by atoms with Gasteiger partial charge in [-0.15, -0.1) is 0 Å². The molecule has 1 fully saturated rings. The average Bonchev–Trinajstić information content (AvgIpc) is 3.26. The third-order valence-corrected chi connectivity index (χ3v) is 5.37. The van der Waals surface area contributed by atoms with Crippen molar-refractivity contribution in [2.75, 3.05) is 11.9 Å². The van der Waals surface area contributed by atoms with Gasteiger partial charge in [0.2, 0.25) is 0 Å². The van der Waals surface area contributed by atoms with E-state index in [2.05, 4.69) is 31.8 Å². The zero-order valence-electron chi connectivity index (χ0n) is 15.2. The summed E-state index contributed by atoms with van der Waals surface area (Å²) in [6.07, 6.45) is 6.78. The molecule has 1 atom stereocenters. The standard InChI is InChI=1S/C19H20ClN5O2/c1-11-12(2)25(9-13-4-3-7-27-13)18-16(11)17(22-10-23-18)24-19(26)14-5-6-21-8-15(14)20/h5-6,8,10,13H,3-4,7,9H2,1-2H3,(H,22,23,24,26). The lowest BCUT2D eigenvalue weighted by molar-refractivity contribution is 0.0974. The number of amides is 1. The summed E-state index contributed by atoms with van der Waals surface area (Å²) < 4.78 is 7.93. The highest BCUT2D eigenvalue weighted by atomic mass is 35.5. The Morgan fingerprint density at radius 2 is 2.26 bits per heavy atom. The number of aryl methyl sites for hydroxylation is 1. The van der Waals surface area contributed by atoms with Crippen LogP contribution in [0.1, 0.15) is 34.5 Å². The maximum Gasteiger partial charge on any atom is 0.258 e. The first-order valence-corrected chi connectivity index (χ1v) is 9.27. The van der Waals surface area contributed by atoms with Gasteiger partial charge in [0.15, 0.2) is 0 Å². The summed E-state index contributed by atoms with van der Waals surface area (Å²) in [6, 6.07) is 1.58. The molecule has 27 heavy (non-hydrogen) atoms. The summed E-state index contributed by atoms with van der Waals surface area (Å²) in [5.74, 6) is 0.149. The van der Waals surface area contributed by atoms with Crippen molar-refractivity contribution in [3.63, 3.8) is 0 Å². The van der Waals surface area contributed by atoms with Crippen molar-refractivity contribution in [3.8, 4) is 0 Å². The highest BCUT2D eigenvalue weighted by Gasteiger charge is 2.22. The fourth-order valence-corrected chi connectivity index (χ4v) is 3.72. The quantitative estimate of drug-likeness (QED) is 0.742. The van der Waals surface area contributed by atoms with Crippen LogP contribution in [0.2, 0.25) is 5.02 Å². The van der Waals surface area contributed by atoms with E-state index in [-0.39, 0.29) is 12.0 Å². The number of nitrogens with one attached hydrogen (secondary N) is 1. The van der Waals surface area contributed by atoms with Gasteiger partial charge in [0.1, 0.15) is 17.8 Å². The number of nitrogens with zero attached hydrogens (tertiary/aromatic N) is 4. The highest BCUT2D eigenvalue weighted by Crippen LogP contribution is 2.30. The van der Waals surface area contributed by atoms with Gasteiger partial charge in [0.05, 0.1) is 28.6 Å². The molecule has 3 aromatic rings. The minimum absolute atomic E-state index is 0.197. The predicted octanol–water partition coefficient (Wildman–Crippen LogP) is 3.53. The van der Waals surface area contributed by atoms with Crippen LogP contribution < -0.4 is 5.32 Å². The van der Waals surface area contributed by atoms with Crippen molar-refractivity contribution in [2.24, 2.45) is 0 Å². The van der Waals surface area contributed by atoms with E-state index in [0.29, 0.717) is 16.4 Å². The summed E-state index contributed by atoms with van der Waals surface area (Å²) in [7, 11) is 0. The number of carbonyl (C=O) groups is 1. The number of anilines is 1. The largest absolute Gasteiger partial charge is 0.376 e. The van der Waals surface area contributed by atoms with Crippen molar-refractivity contribution in [1.29, 1.82) is 0 Å². The summed E-state index contributed by atoms with van der Waals surface area (Å²) in [5.41, 5.74) is 3.29. The molecule has 4 heterocycles. The summed E-state index contributed by atoms with van der Waals surface area (Å²) in [6.45, 7) is 5.63. The molecule has 1 saturated heterocycles. The van der Waals surface area contributed by atoms with Crippen molar-refractivity contribution in [3.05, 3.63) is 46.6 Å². The number of ether oxygens (including phenoxy) is 1. The van der Waals surface area contributed by atoms with Crippen LogP contribution in [-0.4, -0.2) is 38.1 Å². The summed E-state index contributed by atoms with van der Waals surface area (Å²) >= 11 is 6.09. The van der Waals surface area contributed by atoms with E-state index in [9.17, 15) is 4.79 Å². The Morgan fingerprint density at radius 1 is 1.41 bits per heavy atom. The van der Waals surface area contributed by atoms with Gasteiger partial charge in [0.25, 0.3) is 5.91 Å². The number of hydrogen-bond donors (Lipinski definition) is 1. The van der Waals surface area contributed by atoms with E-state index in [1.807, 2.05) is 6.92 Å². The SMILES string of the molecule is Cc1c(C)n(CC2CCCO2)c2ncnc(NC(=O)c3ccncc3Cl)c12. The maximum absolute atomic E-state index is 12.6. The lowest BCUT2D eigenvalue weighted by atomic mass is 10.2. The Morgan fingerprint density at radius 3 is 3.00 bits per heavy atom. The Labute approximate surface area is 161 Å². The number of pyridine rings is 1. The third kappa shape index (κ3) is 3.28. The first kappa shape index (κ1) is 17.9. The molecule has 1 aliphatic heterocycles. The van der Waals surface area contributed by atoms with Crippen molar-refractivity contribution in [2.45, 2.75) is 39.3 Å². The molecule has 7 nitrogen and oxygen atoms in total. The summed E-state index contributed by atoms with van der Waals surface area (Å²) in [5, 5.41) is 4.01. The van der Waals surface area contributed by atoms with Crippen LogP contribution in [0.4, 0.5) is 5.82 Å². The molecule has 0 radical (unpaired) electrons. The van der Waals surface area contributed by atoms with Gasteiger partial charge < -0.3 is 14.6 Å². The predicted molar refractivity (Wildman–Crippen MR) is 103 cm³/mol. The van der Waals surface area contributed by atoms with Crippen molar-refractivity contribution >= 4 is 34.4 Å². The van der Waals surface area contributed by atoms with E-state index in [1.165, 1.54) is 18.7 Å². The maximum atomic E-state index is 12.6. The zero-order chi connectivity index (χ0) is 19.0. The molecular formula is C19H20ClN5O2. The van der Waals surface area contributed by atoms with Crippen molar-refractivity contribution < 1.29 is 9.53 Å². The Balaban J connectivity index is 1.72. The second kappa shape index (κ2) is 7.25. The lowest BCUT2D eigenvalue weighted by Crippen LogP contribution is -2.16. The molecule has 0 saturated carbocycles. The van der Waals surface area contributed by atoms with E-state index in [4.69, 9.17) is 16.3 Å². The normalized spacial score (nSPS) is 16.8. The first-order valence-electron chi connectivity index (χ1n) is 8.89. The molecule has 1 amide bonds. The zero-order valence-corrected chi connectivity index (χ0v) is 16.0. The van der Waals surface area contributed by atoms with E-state index >= 15 is 0 Å². The number of rotatable bonds is 4. The molecule has 8 heteroatoms. The molecule has 0 spiro atoms. The number of aromatic nitrogens is 4. The molecule has 0 aliphatic carbocycles. The second-order valence-electron chi connectivity index (χ2n) is 6.69. The monoisotopic (exact) mass is 385 g/mol. The first-order chi connectivity index (χ1) is 13.1. The van der Waals surface area contributed by atoms with Gasteiger partial charge in [-0.1, -0.05) is 11.6 Å². The number of hydrogen-bond acceptors (Lipinski definition) is 5. The van der Waals surface area contributed by atoms with Crippen LogP contribution in [-0.2, 0) is 11.3 Å². The highest BCUT2D eigenvalue weighted by molar-refractivity contribution is 6.34. The number of carbonyl (C=O) groups excluding carboxylic acids is 1. The number of fused-ring (bicyclic) bond motifs is 1. The molecule has 1 unspecified atom stereocenters. The van der Waals surface area contributed by atoms with Crippen LogP contribution in [0.15, 0.2) is 24.8 Å². The molecule has 140 valence electrons. The minimum atomic E-state index is -0.327. The van der Waals surface area contributed by atoms with Crippen LogP contribution >= 0.6 is 11.6 Å². The number of halogens is 1. The molecular weight excluding hydrogens is 366 g/mol. The van der Waals surface area contributed by atoms with Crippen LogP contribution in [0.5, 0.6) is 0 Å². The van der Waals surface area contributed by atoms with Gasteiger partial charge in [-0.25, -0.2) is 9.97 Å². The van der Waals surface area contributed by atoms with Gasteiger partial charge in [0, 0.05) is 24.7 Å². The van der Waals surface area contributed by atoms with E-state index in [0.717, 1.165) is 48.3 Å². The van der Waals surface area contributed by atoms with Crippen molar-refractivity contribution in [1.82, 2.24) is 19.5 Å². The van der Waals surface area contributed by atoms with Gasteiger partial charge in [-0.3, -0.25) is 9.78 Å². The van der Waals surface area contributed by atoms with Gasteiger partial charge in [-0.2, -0.15) is 0 Å². The fraction of sp³-hybridized carbons (Fsp3) is 0.368. The van der Waals surface area contributed by atoms with E-state index in [1.54, 1.807) is 6.07 Å². The average molecular weight is 386 g/mol. The van der Waals surface area contributed by atoms with Crippen LogP contribution in [0.3, 0.4) is 0 Å². The molecule has 4 rings (SSSR count). The topological polar surface area (TPSA) is 81.9 Å². The molecule has 0 bridgehead atoms. The minimum Gasteiger partial charge on any atom is -0.376 e. The fourth-order valence-electron chi connectivity index (χ4n) is 3.51. The Bertz CT molecular complexity index is 1010. The lowest BCUT2D eigenvalue weighted by Gasteiger charge is -2.13. The Hall–Kier alpha value is -2.51. The van der Waals surface area contributed by atoms with E-state index < -0.39 is 0 Å². The molecule has 1 aliphatic rings. The molecule has 1 N–H and O–H groups in total. The van der Waals surface area contributed by atoms with Crippen LogP contribution in [0.25, 0.3) is 11.0 Å². The third-order valence-electron chi connectivity index (χ3n) is 5.06. The van der Waals surface area contributed by atoms with Gasteiger partial charge >= 0.3 is 0 Å². The smallest absolute Gasteiger partial charge is 0.258 e. The molecule has 0 aromatic carbocycles.